The maximum absolute atomic E-state index is 12.7. The Bertz CT molecular complexity index is 946. The summed E-state index contributed by atoms with van der Waals surface area (Å²) >= 11 is 7.27. The number of hydrogen-bond donors (Lipinski definition) is 1. The van der Waals surface area contributed by atoms with Crippen molar-refractivity contribution in [2.45, 2.75) is 12.5 Å². The molecule has 3 aromatic rings. The Hall–Kier alpha value is -2.55. The van der Waals surface area contributed by atoms with Crippen LogP contribution in [0.1, 0.15) is 15.9 Å². The first-order valence-corrected chi connectivity index (χ1v) is 11.0. The van der Waals surface area contributed by atoms with Crippen molar-refractivity contribution in [3.63, 3.8) is 0 Å². The molecule has 1 saturated heterocycles. The van der Waals surface area contributed by atoms with Crippen molar-refractivity contribution in [1.29, 1.82) is 0 Å². The Morgan fingerprint density at radius 1 is 1.07 bits per heavy atom. The number of amides is 1. The Balaban J connectivity index is 1.39. The molecule has 0 spiro atoms. The van der Waals surface area contributed by atoms with Gasteiger partial charge in [-0.15, -0.1) is 0 Å². The van der Waals surface area contributed by atoms with Crippen LogP contribution in [-0.2, 0) is 6.42 Å². The van der Waals surface area contributed by atoms with Gasteiger partial charge in [0.2, 0.25) is 0 Å². The first-order valence-electron chi connectivity index (χ1n) is 9.89. The molecule has 0 aliphatic carbocycles. The molecule has 30 heavy (non-hydrogen) atoms. The Kier molecular flexibility index (Phi) is 6.88. The van der Waals surface area contributed by atoms with Crippen molar-refractivity contribution in [1.82, 2.24) is 23.9 Å². The van der Waals surface area contributed by atoms with Gasteiger partial charge in [0.25, 0.3) is 5.91 Å². The Labute approximate surface area is 185 Å². The van der Waals surface area contributed by atoms with E-state index in [2.05, 4.69) is 41.0 Å². The van der Waals surface area contributed by atoms with Crippen LogP contribution in [-0.4, -0.2) is 63.3 Å². The van der Waals surface area contributed by atoms with Gasteiger partial charge in [-0.2, -0.15) is 8.75 Å². The molecular weight excluding hydrogens is 420 g/mol. The predicted octanol–water partition coefficient (Wildman–Crippen LogP) is 2.75. The summed E-state index contributed by atoms with van der Waals surface area (Å²) in [5, 5.41) is 3.69. The van der Waals surface area contributed by atoms with Gasteiger partial charge in [-0.05, 0) is 24.1 Å². The minimum Gasteiger partial charge on any atom is -0.351 e. The van der Waals surface area contributed by atoms with Crippen LogP contribution in [0.25, 0.3) is 0 Å². The average Bonchev–Trinajstić information content (AvgIpc) is 3.21. The third-order valence-corrected chi connectivity index (χ3v) is 6.06. The van der Waals surface area contributed by atoms with E-state index in [1.54, 1.807) is 24.5 Å². The number of hydrogen-bond acceptors (Lipinski definition) is 7. The summed E-state index contributed by atoms with van der Waals surface area (Å²) in [6, 6.07) is 13.7. The molecule has 1 amide bonds. The van der Waals surface area contributed by atoms with E-state index in [0.29, 0.717) is 10.7 Å². The lowest BCUT2D eigenvalue weighted by Gasteiger charge is -2.36. The molecule has 0 saturated carbocycles. The van der Waals surface area contributed by atoms with Crippen LogP contribution in [0, 0.1) is 0 Å². The van der Waals surface area contributed by atoms with Crippen LogP contribution in [0.4, 0.5) is 5.82 Å². The smallest absolute Gasteiger partial charge is 0.251 e. The van der Waals surface area contributed by atoms with Crippen LogP contribution in [0.2, 0.25) is 5.15 Å². The molecule has 1 aliphatic heterocycles. The van der Waals surface area contributed by atoms with Gasteiger partial charge in [0.1, 0.15) is 0 Å². The fourth-order valence-electron chi connectivity index (χ4n) is 3.65. The number of pyridine rings is 1. The number of aromatic nitrogens is 3. The van der Waals surface area contributed by atoms with E-state index in [1.807, 2.05) is 18.2 Å². The number of carbonyl (C=O) groups excluding carboxylic acids is 1. The van der Waals surface area contributed by atoms with Crippen molar-refractivity contribution in [3.8, 4) is 0 Å². The highest BCUT2D eigenvalue weighted by molar-refractivity contribution is 6.99. The van der Waals surface area contributed by atoms with Gasteiger partial charge >= 0.3 is 0 Å². The summed E-state index contributed by atoms with van der Waals surface area (Å²) in [7, 11) is 0. The van der Waals surface area contributed by atoms with Crippen molar-refractivity contribution in [2.75, 3.05) is 37.6 Å². The van der Waals surface area contributed by atoms with Crippen LogP contribution in [0.5, 0.6) is 0 Å². The average molecular weight is 443 g/mol. The molecule has 1 atom stereocenters. The van der Waals surface area contributed by atoms with Crippen LogP contribution < -0.4 is 10.2 Å². The second-order valence-corrected chi connectivity index (χ2v) is 8.15. The lowest BCUT2D eigenvalue weighted by atomic mass is 10.0. The molecule has 0 unspecified atom stereocenters. The SMILES string of the molecule is O=C(N[C@@H](Cc1ccccc1)CN1CCN(c2nsnc2Cl)CC1)c1ccncc1. The van der Waals surface area contributed by atoms with Crippen molar-refractivity contribution in [2.24, 2.45) is 0 Å². The number of piperazine rings is 1. The summed E-state index contributed by atoms with van der Waals surface area (Å²) in [6.07, 6.45) is 4.05. The summed E-state index contributed by atoms with van der Waals surface area (Å²) in [6.45, 7) is 4.21. The number of benzene rings is 1. The van der Waals surface area contributed by atoms with Gasteiger partial charge in [-0.1, -0.05) is 41.9 Å². The highest BCUT2D eigenvalue weighted by atomic mass is 35.5. The zero-order valence-corrected chi connectivity index (χ0v) is 18.0. The summed E-state index contributed by atoms with van der Waals surface area (Å²) in [4.78, 5) is 21.3. The van der Waals surface area contributed by atoms with E-state index in [-0.39, 0.29) is 11.9 Å². The third kappa shape index (κ3) is 5.33. The van der Waals surface area contributed by atoms with Crippen LogP contribution >= 0.6 is 23.3 Å². The maximum Gasteiger partial charge on any atom is 0.251 e. The molecule has 9 heteroatoms. The molecular formula is C21H23ClN6OS. The van der Waals surface area contributed by atoms with E-state index in [0.717, 1.165) is 56.7 Å². The van der Waals surface area contributed by atoms with Crippen molar-refractivity contribution >= 4 is 35.1 Å². The van der Waals surface area contributed by atoms with Gasteiger partial charge < -0.3 is 10.2 Å². The van der Waals surface area contributed by atoms with Gasteiger partial charge in [0, 0.05) is 56.7 Å². The zero-order chi connectivity index (χ0) is 20.8. The quantitative estimate of drug-likeness (QED) is 0.606. The predicted molar refractivity (Wildman–Crippen MR) is 119 cm³/mol. The van der Waals surface area contributed by atoms with Gasteiger partial charge in [-0.25, -0.2) is 0 Å². The highest BCUT2D eigenvalue weighted by Gasteiger charge is 2.24. The topological polar surface area (TPSA) is 74.2 Å². The molecule has 1 N–H and O–H groups in total. The molecule has 7 nitrogen and oxygen atoms in total. The van der Waals surface area contributed by atoms with Gasteiger partial charge in [-0.3, -0.25) is 14.7 Å². The highest BCUT2D eigenvalue weighted by Crippen LogP contribution is 2.23. The minimum absolute atomic E-state index is 0.00384. The summed E-state index contributed by atoms with van der Waals surface area (Å²) in [5.41, 5.74) is 1.83. The standard InChI is InChI=1S/C21H23ClN6OS/c22-19-20(26-30-25-19)28-12-10-27(11-13-28)15-18(14-16-4-2-1-3-5-16)24-21(29)17-6-8-23-9-7-17/h1-9,18H,10-15H2,(H,24,29)/t18-/m0/s1. The molecule has 3 heterocycles. The van der Waals surface area contributed by atoms with Crippen LogP contribution in [0.15, 0.2) is 54.9 Å². The second kappa shape index (κ2) is 9.97. The molecule has 1 aliphatic rings. The number of nitrogens with zero attached hydrogens (tertiary/aromatic N) is 5. The fourth-order valence-corrected chi connectivity index (χ4v) is 4.43. The van der Waals surface area contributed by atoms with E-state index >= 15 is 0 Å². The zero-order valence-electron chi connectivity index (χ0n) is 16.4. The van der Waals surface area contributed by atoms with E-state index < -0.39 is 0 Å². The first kappa shape index (κ1) is 20.7. The Morgan fingerprint density at radius 3 is 2.47 bits per heavy atom. The molecule has 1 aromatic carbocycles. The molecule has 0 bridgehead atoms. The molecule has 2 aromatic heterocycles. The van der Waals surface area contributed by atoms with E-state index in [4.69, 9.17) is 11.6 Å². The van der Waals surface area contributed by atoms with E-state index in [1.165, 1.54) is 5.56 Å². The lowest BCUT2D eigenvalue weighted by Crippen LogP contribution is -2.52. The van der Waals surface area contributed by atoms with Crippen molar-refractivity contribution < 1.29 is 4.79 Å². The molecule has 156 valence electrons. The van der Waals surface area contributed by atoms with Crippen molar-refractivity contribution in [3.05, 3.63) is 71.1 Å². The molecule has 4 rings (SSSR count). The normalized spacial score (nSPS) is 15.7. The minimum atomic E-state index is -0.0719. The number of nitrogens with one attached hydrogen (secondary N) is 1. The van der Waals surface area contributed by atoms with Gasteiger partial charge in [0.05, 0.1) is 11.7 Å². The fraction of sp³-hybridized carbons (Fsp3) is 0.333. The first-order chi connectivity index (χ1) is 14.7. The second-order valence-electron chi connectivity index (χ2n) is 7.26. The number of carbonyl (C=O) groups is 1. The lowest BCUT2D eigenvalue weighted by molar-refractivity contribution is 0.0923. The monoisotopic (exact) mass is 442 g/mol. The van der Waals surface area contributed by atoms with E-state index in [9.17, 15) is 4.79 Å². The largest absolute Gasteiger partial charge is 0.351 e. The third-order valence-electron chi connectivity index (χ3n) is 5.19. The van der Waals surface area contributed by atoms with Gasteiger partial charge in [0.15, 0.2) is 11.0 Å². The number of anilines is 1. The van der Waals surface area contributed by atoms with Crippen LogP contribution in [0.3, 0.4) is 0 Å². The summed E-state index contributed by atoms with van der Waals surface area (Å²) < 4.78 is 8.35. The summed E-state index contributed by atoms with van der Waals surface area (Å²) in [5.74, 6) is 0.699. The maximum atomic E-state index is 12.7. The number of halogens is 1. The molecule has 1 fully saturated rings. The molecule has 0 radical (unpaired) electrons. The Morgan fingerprint density at radius 2 is 1.80 bits per heavy atom. The number of rotatable bonds is 7.